The molecule has 0 aliphatic carbocycles. The number of amides is 4. The van der Waals surface area contributed by atoms with Gasteiger partial charge in [0, 0.05) is 74.4 Å². The number of ether oxygens (including phenoxy) is 2. The zero-order valence-corrected chi connectivity index (χ0v) is 40.3. The quantitative estimate of drug-likeness (QED) is 0.0975. The molecule has 0 saturated carbocycles. The summed E-state index contributed by atoms with van der Waals surface area (Å²) >= 11 is 0. The molecule has 6 bridgehead atoms. The van der Waals surface area contributed by atoms with Gasteiger partial charge in [0.2, 0.25) is 17.7 Å². The van der Waals surface area contributed by atoms with E-state index in [1.807, 2.05) is 32.1 Å². The van der Waals surface area contributed by atoms with Crippen molar-refractivity contribution >= 4 is 52.3 Å². The Morgan fingerprint density at radius 1 is 1.00 bits per heavy atom. The molecule has 3 fully saturated rings. The second-order valence-corrected chi connectivity index (χ2v) is 19.2. The Morgan fingerprint density at radius 3 is 2.52 bits per heavy atom. The zero-order valence-electron chi connectivity index (χ0n) is 40.3. The third kappa shape index (κ3) is 10.7. The number of hydrogen-bond donors (Lipinski definition) is 2. The number of nitrogens with zero attached hydrogens (tertiary/aromatic N) is 5. The lowest BCUT2D eigenvalue weighted by Gasteiger charge is -2.36. The number of hydrazine groups is 1. The van der Waals surface area contributed by atoms with Crippen LogP contribution in [0.5, 0.6) is 0 Å². The van der Waals surface area contributed by atoms with Crippen molar-refractivity contribution in [3.8, 4) is 11.1 Å². The number of carbonyl (C=O) groups excluding carboxylic acids is 5. The van der Waals surface area contributed by atoms with Gasteiger partial charge in [0.25, 0.3) is 5.91 Å². The van der Waals surface area contributed by atoms with Gasteiger partial charge in [-0.15, -0.1) is 0 Å². The number of methoxy groups -OCH3 is 1. The summed E-state index contributed by atoms with van der Waals surface area (Å²) in [6.45, 7) is 20.3. The van der Waals surface area contributed by atoms with Gasteiger partial charge in [-0.05, 0) is 99.8 Å². The first kappa shape index (κ1) is 49.1. The smallest absolute Gasteiger partial charge is 0.324 e. The summed E-state index contributed by atoms with van der Waals surface area (Å²) in [7, 11) is 1.67. The summed E-state index contributed by atoms with van der Waals surface area (Å²) < 4.78 is 14.3. The molecule has 0 radical (unpaired) electrons. The Labute approximate surface area is 395 Å². The number of benzene rings is 2. The fourth-order valence-electron chi connectivity index (χ4n) is 10.3. The zero-order chi connectivity index (χ0) is 48.0. The van der Waals surface area contributed by atoms with Gasteiger partial charge < -0.3 is 29.2 Å². The van der Waals surface area contributed by atoms with Crippen molar-refractivity contribution in [3.05, 3.63) is 90.3 Å². The van der Waals surface area contributed by atoms with Crippen LogP contribution >= 0.6 is 0 Å². The SMILES string of the molecule is C=CC(=O)N1CC[C@H](C(=O)N2CCCCC[C@H]2C(=O)N[C@H]2Cc3cccc(c3)-c3ccc4c(c3)c(c(/C(C=C)=C(/N=CC)[C@H](C)OC)n4CC)CC(C)(C)COC(=O)[C@@H]3CCCN(N3)C2=O)C1. The molecular formula is C53H69N7O7. The molecule has 4 aliphatic rings. The molecule has 0 spiro atoms. The first-order valence-electron chi connectivity index (χ1n) is 24.1. The number of hydrogen-bond acceptors (Lipinski definition) is 9. The number of likely N-dealkylation sites (tertiary alicyclic amines) is 2. The minimum atomic E-state index is -1.02. The van der Waals surface area contributed by atoms with E-state index in [1.54, 1.807) is 23.1 Å². The van der Waals surface area contributed by atoms with E-state index in [1.165, 1.54) is 11.1 Å². The maximum Gasteiger partial charge on any atom is 0.324 e. The Bertz CT molecular complexity index is 2450. The first-order valence-corrected chi connectivity index (χ1v) is 24.1. The number of cyclic esters (lactones) is 1. The average molecular weight is 916 g/mol. The van der Waals surface area contributed by atoms with Crippen LogP contribution in [0.15, 0.2) is 78.5 Å². The van der Waals surface area contributed by atoms with Gasteiger partial charge in [-0.1, -0.05) is 76.3 Å². The number of esters is 1. The van der Waals surface area contributed by atoms with Crippen LogP contribution in [-0.4, -0.2) is 119 Å². The topological polar surface area (TPSA) is 155 Å². The van der Waals surface area contributed by atoms with E-state index in [2.05, 4.69) is 79.6 Å². The normalized spacial score (nSPS) is 23.5. The van der Waals surface area contributed by atoms with Crippen LogP contribution in [0.3, 0.4) is 0 Å². The number of fused-ring (bicyclic) bond motifs is 6. The third-order valence-corrected chi connectivity index (χ3v) is 13.9. The molecule has 67 heavy (non-hydrogen) atoms. The fraction of sp³-hybridized carbons (Fsp3) is 0.509. The summed E-state index contributed by atoms with van der Waals surface area (Å²) in [4.78, 5) is 78.1. The maximum absolute atomic E-state index is 14.8. The van der Waals surface area contributed by atoms with E-state index >= 15 is 0 Å². The van der Waals surface area contributed by atoms with Crippen molar-refractivity contribution in [1.29, 1.82) is 0 Å². The van der Waals surface area contributed by atoms with Crippen LogP contribution < -0.4 is 10.7 Å². The third-order valence-electron chi connectivity index (χ3n) is 13.9. The van der Waals surface area contributed by atoms with E-state index in [4.69, 9.17) is 14.5 Å². The molecule has 14 nitrogen and oxygen atoms in total. The lowest BCUT2D eigenvalue weighted by Crippen LogP contribution is -2.62. The van der Waals surface area contributed by atoms with Gasteiger partial charge in [0.05, 0.1) is 30.0 Å². The van der Waals surface area contributed by atoms with Crippen molar-refractivity contribution in [2.24, 2.45) is 16.3 Å². The van der Waals surface area contributed by atoms with Crippen molar-refractivity contribution in [1.82, 2.24) is 30.1 Å². The Hall–Kier alpha value is -5.86. The second-order valence-electron chi connectivity index (χ2n) is 19.2. The van der Waals surface area contributed by atoms with Crippen molar-refractivity contribution in [3.63, 3.8) is 0 Å². The molecule has 3 saturated heterocycles. The molecule has 2 aromatic carbocycles. The van der Waals surface area contributed by atoms with Gasteiger partial charge in [-0.3, -0.25) is 34.0 Å². The van der Waals surface area contributed by atoms with E-state index in [0.29, 0.717) is 58.3 Å². The predicted molar refractivity (Wildman–Crippen MR) is 262 cm³/mol. The predicted octanol–water partition coefficient (Wildman–Crippen LogP) is 6.81. The monoisotopic (exact) mass is 916 g/mol. The second kappa shape index (κ2) is 21.4. The van der Waals surface area contributed by atoms with E-state index in [9.17, 15) is 24.0 Å². The summed E-state index contributed by atoms with van der Waals surface area (Å²) in [6, 6.07) is 12.0. The number of aryl methyl sites for hydroxylation is 1. The largest absolute Gasteiger partial charge is 0.464 e. The lowest BCUT2D eigenvalue weighted by molar-refractivity contribution is -0.155. The highest BCUT2D eigenvalue weighted by atomic mass is 16.5. The Kier molecular flexibility index (Phi) is 15.7. The Morgan fingerprint density at radius 2 is 1.79 bits per heavy atom. The minimum absolute atomic E-state index is 0.123. The number of allylic oxidation sites excluding steroid dienone is 2. The number of nitrogens with one attached hydrogen (secondary N) is 2. The van der Waals surface area contributed by atoms with Crippen LogP contribution in [-0.2, 0) is 52.8 Å². The average Bonchev–Trinajstić information content (AvgIpc) is 3.85. The number of carbonyl (C=O) groups is 5. The number of aliphatic imine (C=N–C) groups is 1. The van der Waals surface area contributed by atoms with Gasteiger partial charge in [-0.2, -0.15) is 0 Å². The maximum atomic E-state index is 14.8. The number of aromatic nitrogens is 1. The first-order chi connectivity index (χ1) is 32.2. The van der Waals surface area contributed by atoms with E-state index in [-0.39, 0.29) is 43.4 Å². The molecule has 1 aromatic heterocycles. The molecule has 4 amide bonds. The molecule has 7 rings (SSSR count). The molecule has 4 aliphatic heterocycles. The van der Waals surface area contributed by atoms with Crippen molar-refractivity contribution < 1.29 is 33.4 Å². The standard InChI is InChI=1S/C53H69N7O7/c1-9-39(47(54-11-3)34(5)66-8)48-41-31-53(6,7)33-67-52(65)42-20-17-26-60(56-42)51(64)43(29-35-18-16-19-36(28-35)37-22-23-44(40(41)30-37)58(48)12-4)55-49(62)45-21-14-13-15-25-59(45)50(63)38-24-27-57(32-38)46(61)10-2/h9-11,16,18-19,22-23,28,30,34,38,42-43,45,56H,1-2,12-15,17,20-21,24-27,29,31-33H2,3-8H3,(H,55,62)/b47-39+,54-11?/t34-,38-,42-,43-,45-/m0/s1. The summed E-state index contributed by atoms with van der Waals surface area (Å²) in [5.41, 5.74) is 10.1. The Balaban J connectivity index is 1.30. The van der Waals surface area contributed by atoms with E-state index in [0.717, 1.165) is 69.4 Å². The summed E-state index contributed by atoms with van der Waals surface area (Å²) in [5.74, 6) is -2.01. The van der Waals surface area contributed by atoms with Crippen LogP contribution in [0.2, 0.25) is 0 Å². The van der Waals surface area contributed by atoms with Gasteiger partial charge in [-0.25, -0.2) is 5.43 Å². The number of rotatable bonds is 10. The van der Waals surface area contributed by atoms with Gasteiger partial charge >= 0.3 is 5.97 Å². The highest BCUT2D eigenvalue weighted by Crippen LogP contribution is 2.40. The molecule has 5 atom stereocenters. The molecular weight excluding hydrogens is 847 g/mol. The summed E-state index contributed by atoms with van der Waals surface area (Å²) in [6.07, 6.45) is 9.67. The van der Waals surface area contributed by atoms with Crippen molar-refractivity contribution in [2.75, 3.05) is 39.9 Å². The molecule has 3 aromatic rings. The van der Waals surface area contributed by atoms with Crippen LogP contribution in [0.4, 0.5) is 0 Å². The van der Waals surface area contributed by atoms with E-state index < -0.39 is 41.3 Å². The molecule has 5 heterocycles. The van der Waals surface area contributed by atoms with Crippen molar-refractivity contribution in [2.45, 2.75) is 123 Å². The molecule has 358 valence electrons. The highest BCUT2D eigenvalue weighted by molar-refractivity contribution is 5.96. The lowest BCUT2D eigenvalue weighted by atomic mass is 9.84. The molecule has 14 heteroatoms. The highest BCUT2D eigenvalue weighted by Gasteiger charge is 2.41. The van der Waals surface area contributed by atoms with Gasteiger partial charge in [0.1, 0.15) is 18.1 Å². The van der Waals surface area contributed by atoms with Gasteiger partial charge in [0.15, 0.2) is 0 Å². The van der Waals surface area contributed by atoms with Crippen LogP contribution in [0.1, 0.15) is 96.4 Å². The van der Waals surface area contributed by atoms with Crippen LogP contribution in [0.25, 0.3) is 27.6 Å². The molecule has 0 unspecified atom stereocenters. The van der Waals surface area contributed by atoms with Crippen LogP contribution in [0, 0.1) is 11.3 Å². The fourth-order valence-corrected chi connectivity index (χ4v) is 10.3. The molecule has 2 N–H and O–H groups in total. The minimum Gasteiger partial charge on any atom is -0.464 e. The summed E-state index contributed by atoms with van der Waals surface area (Å²) in [5, 5.41) is 5.63.